The quantitative estimate of drug-likeness (QED) is 0.763. The van der Waals surface area contributed by atoms with Crippen molar-refractivity contribution in [2.75, 3.05) is 5.75 Å². The SMILES string of the molecule is Cc1ccc(-n2nnnc2SCC(=O)NC(=O)NC2CCCCC2)cc1C. The fraction of sp³-hybridized carbons (Fsp3) is 0.500. The lowest BCUT2D eigenvalue weighted by atomic mass is 9.96. The summed E-state index contributed by atoms with van der Waals surface area (Å²) in [5, 5.41) is 17.4. The van der Waals surface area contributed by atoms with Crippen LogP contribution in [-0.4, -0.2) is 43.9 Å². The second-order valence-corrected chi connectivity index (χ2v) is 7.73. The maximum Gasteiger partial charge on any atom is 0.321 e. The van der Waals surface area contributed by atoms with E-state index in [1.54, 1.807) is 4.68 Å². The van der Waals surface area contributed by atoms with Crippen molar-refractivity contribution in [1.29, 1.82) is 0 Å². The zero-order valence-electron chi connectivity index (χ0n) is 15.6. The molecule has 1 aliphatic carbocycles. The van der Waals surface area contributed by atoms with Crippen molar-refractivity contribution >= 4 is 23.7 Å². The molecule has 9 heteroatoms. The van der Waals surface area contributed by atoms with Crippen molar-refractivity contribution in [3.05, 3.63) is 29.3 Å². The van der Waals surface area contributed by atoms with E-state index < -0.39 is 6.03 Å². The largest absolute Gasteiger partial charge is 0.335 e. The fourth-order valence-electron chi connectivity index (χ4n) is 3.05. The van der Waals surface area contributed by atoms with Crippen molar-refractivity contribution < 1.29 is 9.59 Å². The lowest BCUT2D eigenvalue weighted by Gasteiger charge is -2.22. The van der Waals surface area contributed by atoms with Gasteiger partial charge in [-0.05, 0) is 60.4 Å². The number of aromatic nitrogens is 4. The van der Waals surface area contributed by atoms with Crippen LogP contribution in [-0.2, 0) is 4.79 Å². The number of tetrazole rings is 1. The molecule has 8 nitrogen and oxygen atoms in total. The second kappa shape index (κ2) is 8.98. The molecule has 0 radical (unpaired) electrons. The van der Waals surface area contributed by atoms with Gasteiger partial charge in [-0.1, -0.05) is 37.1 Å². The number of carbonyl (C=O) groups excluding carboxylic acids is 2. The Morgan fingerprint density at radius 3 is 2.70 bits per heavy atom. The number of imide groups is 1. The standard InChI is InChI=1S/C18H24N6O2S/c1-12-8-9-15(10-13(12)2)24-18(21-22-23-24)27-11-16(25)20-17(26)19-14-6-4-3-5-7-14/h8-10,14H,3-7,11H2,1-2H3,(H2,19,20,25,26). The van der Waals surface area contributed by atoms with Gasteiger partial charge in [0.05, 0.1) is 11.4 Å². The summed E-state index contributed by atoms with van der Waals surface area (Å²) in [5.41, 5.74) is 3.15. The van der Waals surface area contributed by atoms with Gasteiger partial charge in [-0.15, -0.1) is 5.10 Å². The van der Waals surface area contributed by atoms with Gasteiger partial charge in [0.25, 0.3) is 0 Å². The number of aryl methyl sites for hydroxylation is 2. The van der Waals surface area contributed by atoms with E-state index in [1.165, 1.54) is 23.7 Å². The number of benzene rings is 1. The van der Waals surface area contributed by atoms with E-state index >= 15 is 0 Å². The highest BCUT2D eigenvalue weighted by Crippen LogP contribution is 2.20. The van der Waals surface area contributed by atoms with Crippen LogP contribution in [0.5, 0.6) is 0 Å². The van der Waals surface area contributed by atoms with E-state index in [0.29, 0.717) is 5.16 Å². The van der Waals surface area contributed by atoms with E-state index in [4.69, 9.17) is 0 Å². The van der Waals surface area contributed by atoms with Gasteiger partial charge >= 0.3 is 6.03 Å². The first kappa shape index (κ1) is 19.3. The lowest BCUT2D eigenvalue weighted by molar-refractivity contribution is -0.117. The van der Waals surface area contributed by atoms with Crippen molar-refractivity contribution in [2.45, 2.75) is 57.1 Å². The van der Waals surface area contributed by atoms with Crippen LogP contribution < -0.4 is 10.6 Å². The Bertz CT molecular complexity index is 816. The minimum Gasteiger partial charge on any atom is -0.335 e. The average Bonchev–Trinajstić information content (AvgIpc) is 3.11. The third-order valence-corrected chi connectivity index (χ3v) is 5.62. The van der Waals surface area contributed by atoms with Crippen LogP contribution in [0.15, 0.2) is 23.4 Å². The molecule has 3 amide bonds. The molecule has 1 heterocycles. The number of hydrogen-bond donors (Lipinski definition) is 2. The number of urea groups is 1. The molecular weight excluding hydrogens is 364 g/mol. The Morgan fingerprint density at radius 1 is 1.19 bits per heavy atom. The molecule has 1 aliphatic rings. The maximum absolute atomic E-state index is 12.1. The Balaban J connectivity index is 1.52. The Labute approximate surface area is 162 Å². The molecule has 1 saturated carbocycles. The van der Waals surface area contributed by atoms with Crippen LogP contribution in [0.1, 0.15) is 43.2 Å². The Morgan fingerprint density at radius 2 is 1.96 bits per heavy atom. The minimum atomic E-state index is -0.429. The number of hydrogen-bond acceptors (Lipinski definition) is 6. The molecule has 1 aromatic heterocycles. The third-order valence-electron chi connectivity index (χ3n) is 4.70. The fourth-order valence-corrected chi connectivity index (χ4v) is 3.74. The van der Waals surface area contributed by atoms with Crippen molar-refractivity contribution in [1.82, 2.24) is 30.8 Å². The van der Waals surface area contributed by atoms with Crippen molar-refractivity contribution in [2.24, 2.45) is 0 Å². The number of carbonyl (C=O) groups is 2. The molecule has 2 aromatic rings. The molecule has 0 unspecified atom stereocenters. The topological polar surface area (TPSA) is 102 Å². The van der Waals surface area contributed by atoms with Gasteiger partial charge in [0.2, 0.25) is 11.1 Å². The van der Waals surface area contributed by atoms with Crippen LogP contribution in [0.2, 0.25) is 0 Å². The molecule has 0 bridgehead atoms. The van der Waals surface area contributed by atoms with E-state index in [1.807, 2.05) is 32.0 Å². The van der Waals surface area contributed by atoms with E-state index in [9.17, 15) is 9.59 Å². The summed E-state index contributed by atoms with van der Waals surface area (Å²) in [4.78, 5) is 24.0. The smallest absolute Gasteiger partial charge is 0.321 e. The summed E-state index contributed by atoms with van der Waals surface area (Å²) in [6, 6.07) is 5.66. The monoisotopic (exact) mass is 388 g/mol. The van der Waals surface area contributed by atoms with Gasteiger partial charge in [0.1, 0.15) is 0 Å². The number of nitrogens with zero attached hydrogens (tertiary/aromatic N) is 4. The number of thioether (sulfide) groups is 1. The maximum atomic E-state index is 12.1. The Hall–Kier alpha value is -2.42. The van der Waals surface area contributed by atoms with Gasteiger partial charge in [0, 0.05) is 6.04 Å². The van der Waals surface area contributed by atoms with E-state index in [0.717, 1.165) is 36.9 Å². The van der Waals surface area contributed by atoms with Gasteiger partial charge in [-0.2, -0.15) is 4.68 Å². The zero-order valence-corrected chi connectivity index (χ0v) is 16.4. The molecule has 0 spiro atoms. The molecule has 3 rings (SSSR count). The summed E-state index contributed by atoms with van der Waals surface area (Å²) in [7, 11) is 0. The molecule has 2 N–H and O–H groups in total. The van der Waals surface area contributed by atoms with Gasteiger partial charge < -0.3 is 5.32 Å². The zero-order chi connectivity index (χ0) is 19.2. The molecule has 1 fully saturated rings. The summed E-state index contributed by atoms with van der Waals surface area (Å²) in [6.07, 6.45) is 5.40. The first-order valence-corrected chi connectivity index (χ1v) is 10.1. The predicted octanol–water partition coefficient (Wildman–Crippen LogP) is 2.53. The number of amides is 3. The van der Waals surface area contributed by atoms with Crippen LogP contribution in [0.25, 0.3) is 5.69 Å². The summed E-state index contributed by atoms with van der Waals surface area (Å²) in [6.45, 7) is 4.06. The normalized spacial score (nSPS) is 14.7. The Kier molecular flexibility index (Phi) is 6.44. The first-order valence-electron chi connectivity index (χ1n) is 9.12. The predicted molar refractivity (Wildman–Crippen MR) is 103 cm³/mol. The molecule has 27 heavy (non-hydrogen) atoms. The summed E-state index contributed by atoms with van der Waals surface area (Å²) < 4.78 is 1.59. The summed E-state index contributed by atoms with van der Waals surface area (Å²) >= 11 is 1.19. The summed E-state index contributed by atoms with van der Waals surface area (Å²) in [5.74, 6) is -0.313. The highest BCUT2D eigenvalue weighted by Gasteiger charge is 2.18. The molecule has 144 valence electrons. The van der Waals surface area contributed by atoms with Crippen molar-refractivity contribution in [3.8, 4) is 5.69 Å². The van der Waals surface area contributed by atoms with Crippen LogP contribution >= 0.6 is 11.8 Å². The van der Waals surface area contributed by atoms with Gasteiger partial charge in [-0.3, -0.25) is 10.1 Å². The first-order chi connectivity index (χ1) is 13.0. The van der Waals surface area contributed by atoms with Gasteiger partial charge in [0.15, 0.2) is 0 Å². The number of nitrogens with one attached hydrogen (secondary N) is 2. The third kappa shape index (κ3) is 5.29. The average molecular weight is 388 g/mol. The molecular formula is C18H24N6O2S. The number of rotatable bonds is 5. The molecule has 1 aromatic carbocycles. The van der Waals surface area contributed by atoms with E-state index in [-0.39, 0.29) is 17.7 Å². The van der Waals surface area contributed by atoms with Crippen LogP contribution in [0, 0.1) is 13.8 Å². The van der Waals surface area contributed by atoms with Crippen LogP contribution in [0.3, 0.4) is 0 Å². The highest BCUT2D eigenvalue weighted by atomic mass is 32.2. The molecule has 0 atom stereocenters. The highest BCUT2D eigenvalue weighted by molar-refractivity contribution is 7.99. The van der Waals surface area contributed by atoms with Gasteiger partial charge in [-0.25, -0.2) is 4.79 Å². The van der Waals surface area contributed by atoms with E-state index in [2.05, 4.69) is 26.2 Å². The minimum absolute atomic E-state index is 0.0588. The second-order valence-electron chi connectivity index (χ2n) is 6.79. The lowest BCUT2D eigenvalue weighted by Crippen LogP contribution is -2.45. The van der Waals surface area contributed by atoms with Crippen molar-refractivity contribution in [3.63, 3.8) is 0 Å². The van der Waals surface area contributed by atoms with Crippen LogP contribution in [0.4, 0.5) is 4.79 Å². The molecule has 0 saturated heterocycles. The molecule has 0 aliphatic heterocycles.